The van der Waals surface area contributed by atoms with E-state index in [1.165, 1.54) is 6.07 Å². The Bertz CT molecular complexity index is 1370. The van der Waals surface area contributed by atoms with E-state index < -0.39 is 5.82 Å². The van der Waals surface area contributed by atoms with Gasteiger partial charge in [-0.15, -0.1) is 0 Å². The third-order valence-corrected chi connectivity index (χ3v) is 6.01. The van der Waals surface area contributed by atoms with Gasteiger partial charge in [-0.2, -0.15) is 0 Å². The SMILES string of the molecule is CN(C)CCCOc1ccc(-c2cc3c(cc2F)ncc2c3n(C3CCO3)c(=O)n2C)cn1. The maximum atomic E-state index is 15.0. The van der Waals surface area contributed by atoms with Crippen LogP contribution in [-0.4, -0.2) is 57.9 Å². The zero-order valence-electron chi connectivity index (χ0n) is 18.9. The van der Waals surface area contributed by atoms with Crippen molar-refractivity contribution in [1.82, 2.24) is 24.0 Å². The van der Waals surface area contributed by atoms with E-state index >= 15 is 4.39 Å². The van der Waals surface area contributed by atoms with Crippen molar-refractivity contribution in [3.63, 3.8) is 0 Å². The summed E-state index contributed by atoms with van der Waals surface area (Å²) in [4.78, 5) is 23.7. The van der Waals surface area contributed by atoms with E-state index in [0.29, 0.717) is 52.2 Å². The third-order valence-electron chi connectivity index (χ3n) is 6.01. The molecule has 1 aliphatic heterocycles. The van der Waals surface area contributed by atoms with Crippen LogP contribution in [-0.2, 0) is 11.8 Å². The van der Waals surface area contributed by atoms with Gasteiger partial charge in [0, 0.05) is 54.9 Å². The quantitative estimate of drug-likeness (QED) is 0.401. The molecule has 1 aromatic carbocycles. The molecule has 0 spiro atoms. The summed E-state index contributed by atoms with van der Waals surface area (Å²) >= 11 is 0. The molecule has 4 aromatic rings. The van der Waals surface area contributed by atoms with Crippen LogP contribution in [0.15, 0.2) is 41.5 Å². The van der Waals surface area contributed by atoms with Crippen molar-refractivity contribution in [2.24, 2.45) is 7.05 Å². The molecule has 1 unspecified atom stereocenters. The Morgan fingerprint density at radius 3 is 2.73 bits per heavy atom. The van der Waals surface area contributed by atoms with Gasteiger partial charge in [0.25, 0.3) is 0 Å². The van der Waals surface area contributed by atoms with Crippen LogP contribution in [0, 0.1) is 5.82 Å². The van der Waals surface area contributed by atoms with Crippen molar-refractivity contribution >= 4 is 21.9 Å². The number of hydrogen-bond acceptors (Lipinski definition) is 6. The predicted molar refractivity (Wildman–Crippen MR) is 124 cm³/mol. The molecule has 172 valence electrons. The largest absolute Gasteiger partial charge is 0.478 e. The normalized spacial score (nSPS) is 16.0. The standard InChI is InChI=1S/C24H26FN5O3/c1-28(2)8-4-9-32-21-6-5-15(13-27-21)16-11-17-19(12-18(16)25)26-14-20-23(17)30(22-7-10-33-22)24(31)29(20)3/h5-6,11-14,22H,4,7-10H2,1-3H3. The van der Waals surface area contributed by atoms with Gasteiger partial charge >= 0.3 is 5.69 Å². The lowest BCUT2D eigenvalue weighted by atomic mass is 10.0. The van der Waals surface area contributed by atoms with Crippen molar-refractivity contribution in [2.75, 3.05) is 33.9 Å². The number of benzene rings is 1. The van der Waals surface area contributed by atoms with E-state index in [1.807, 2.05) is 14.1 Å². The molecule has 4 heterocycles. The lowest BCUT2D eigenvalue weighted by Gasteiger charge is -2.27. The van der Waals surface area contributed by atoms with Crippen molar-refractivity contribution in [3.8, 4) is 17.0 Å². The fourth-order valence-electron chi connectivity index (χ4n) is 4.15. The van der Waals surface area contributed by atoms with Gasteiger partial charge in [-0.3, -0.25) is 14.1 Å². The highest BCUT2D eigenvalue weighted by Gasteiger charge is 2.27. The first-order valence-corrected chi connectivity index (χ1v) is 11.0. The summed E-state index contributed by atoms with van der Waals surface area (Å²) in [5.74, 6) is 0.0994. The molecule has 0 aliphatic carbocycles. The molecular weight excluding hydrogens is 425 g/mol. The van der Waals surface area contributed by atoms with Crippen molar-refractivity contribution < 1.29 is 13.9 Å². The van der Waals surface area contributed by atoms with Crippen LogP contribution in [0.25, 0.3) is 33.1 Å². The maximum absolute atomic E-state index is 15.0. The van der Waals surface area contributed by atoms with Crippen LogP contribution in [0.5, 0.6) is 5.88 Å². The van der Waals surface area contributed by atoms with Gasteiger partial charge < -0.3 is 14.4 Å². The first-order valence-electron chi connectivity index (χ1n) is 11.0. The number of rotatable bonds is 7. The van der Waals surface area contributed by atoms with Crippen LogP contribution < -0.4 is 10.4 Å². The molecule has 1 saturated heterocycles. The molecule has 3 aromatic heterocycles. The molecule has 0 radical (unpaired) electrons. The molecule has 1 atom stereocenters. The number of aryl methyl sites for hydroxylation is 1. The van der Waals surface area contributed by atoms with Gasteiger partial charge in [0.2, 0.25) is 5.88 Å². The number of aromatic nitrogens is 4. The predicted octanol–water partition coefficient (Wildman–Crippen LogP) is 3.34. The highest BCUT2D eigenvalue weighted by atomic mass is 19.1. The zero-order valence-corrected chi connectivity index (χ0v) is 18.9. The maximum Gasteiger partial charge on any atom is 0.331 e. The number of halogens is 1. The number of nitrogens with zero attached hydrogens (tertiary/aromatic N) is 5. The van der Waals surface area contributed by atoms with Gasteiger partial charge in [-0.1, -0.05) is 0 Å². The molecule has 33 heavy (non-hydrogen) atoms. The van der Waals surface area contributed by atoms with E-state index in [2.05, 4.69) is 14.9 Å². The minimum absolute atomic E-state index is 0.174. The average molecular weight is 452 g/mol. The summed E-state index contributed by atoms with van der Waals surface area (Å²) in [6.45, 7) is 2.11. The lowest BCUT2D eigenvalue weighted by molar-refractivity contribution is -0.0989. The molecule has 8 nitrogen and oxygen atoms in total. The summed E-state index contributed by atoms with van der Waals surface area (Å²) in [6.07, 6.45) is 4.55. The molecule has 9 heteroatoms. The van der Waals surface area contributed by atoms with Gasteiger partial charge in [0.05, 0.1) is 36.0 Å². The Morgan fingerprint density at radius 1 is 1.24 bits per heavy atom. The van der Waals surface area contributed by atoms with E-state index in [9.17, 15) is 4.79 Å². The Labute approximate surface area is 190 Å². The van der Waals surface area contributed by atoms with Crippen molar-refractivity contribution in [3.05, 3.63) is 53.0 Å². The Morgan fingerprint density at radius 2 is 2.06 bits per heavy atom. The summed E-state index contributed by atoms with van der Waals surface area (Å²) < 4.78 is 29.5. The number of fused-ring (bicyclic) bond motifs is 3. The minimum Gasteiger partial charge on any atom is -0.478 e. The van der Waals surface area contributed by atoms with Crippen LogP contribution in [0.2, 0.25) is 0 Å². The van der Waals surface area contributed by atoms with E-state index in [4.69, 9.17) is 9.47 Å². The van der Waals surface area contributed by atoms with Crippen LogP contribution in [0.3, 0.4) is 0 Å². The Balaban J connectivity index is 1.54. The van der Waals surface area contributed by atoms with E-state index in [-0.39, 0.29) is 11.9 Å². The fourth-order valence-corrected chi connectivity index (χ4v) is 4.15. The minimum atomic E-state index is -0.402. The summed E-state index contributed by atoms with van der Waals surface area (Å²) in [5.41, 5.74) is 2.70. The molecule has 1 aliphatic rings. The summed E-state index contributed by atoms with van der Waals surface area (Å²) in [6, 6.07) is 6.68. The smallest absolute Gasteiger partial charge is 0.331 e. The number of imidazole rings is 1. The molecule has 0 saturated carbocycles. The van der Waals surface area contributed by atoms with Gasteiger partial charge in [0.15, 0.2) is 0 Å². The average Bonchev–Trinajstić information content (AvgIpc) is 3.01. The van der Waals surface area contributed by atoms with Crippen molar-refractivity contribution in [1.29, 1.82) is 0 Å². The molecule has 0 bridgehead atoms. The lowest BCUT2D eigenvalue weighted by Crippen LogP contribution is -2.33. The molecular formula is C24H26FN5O3. The highest BCUT2D eigenvalue weighted by molar-refractivity contribution is 6.04. The Kier molecular flexibility index (Phi) is 5.59. The van der Waals surface area contributed by atoms with Crippen LogP contribution >= 0.6 is 0 Å². The van der Waals surface area contributed by atoms with Crippen LogP contribution in [0.4, 0.5) is 4.39 Å². The number of hydrogen-bond donors (Lipinski definition) is 0. The molecule has 1 fully saturated rings. The summed E-state index contributed by atoms with van der Waals surface area (Å²) in [5, 5.41) is 0.695. The summed E-state index contributed by atoms with van der Waals surface area (Å²) in [7, 11) is 5.74. The van der Waals surface area contributed by atoms with E-state index in [1.54, 1.807) is 46.8 Å². The topological polar surface area (TPSA) is 74.4 Å². The highest BCUT2D eigenvalue weighted by Crippen LogP contribution is 2.34. The van der Waals surface area contributed by atoms with Gasteiger partial charge in [0.1, 0.15) is 12.0 Å². The third kappa shape index (κ3) is 3.87. The molecule has 5 rings (SSSR count). The first kappa shape index (κ1) is 21.5. The Hall–Kier alpha value is -3.30. The monoisotopic (exact) mass is 451 g/mol. The molecule has 0 N–H and O–H groups in total. The molecule has 0 amide bonds. The van der Waals surface area contributed by atoms with Gasteiger partial charge in [-0.05, 0) is 32.6 Å². The second-order valence-electron chi connectivity index (χ2n) is 8.56. The van der Waals surface area contributed by atoms with Crippen LogP contribution in [0.1, 0.15) is 19.1 Å². The number of ether oxygens (including phenoxy) is 2. The van der Waals surface area contributed by atoms with Gasteiger partial charge in [-0.25, -0.2) is 14.2 Å². The first-order chi connectivity index (χ1) is 15.9. The second kappa shape index (κ2) is 8.57. The second-order valence-corrected chi connectivity index (χ2v) is 8.56. The fraction of sp³-hybridized carbons (Fsp3) is 0.375. The van der Waals surface area contributed by atoms with E-state index in [0.717, 1.165) is 19.4 Å². The van der Waals surface area contributed by atoms with Crippen molar-refractivity contribution in [2.45, 2.75) is 19.1 Å². The zero-order chi connectivity index (χ0) is 23.1. The number of pyridine rings is 2.